The zero-order chi connectivity index (χ0) is 27.3. The molecule has 0 unspecified atom stereocenters. The maximum absolute atomic E-state index is 5.65. The van der Waals surface area contributed by atoms with E-state index in [1.54, 1.807) is 0 Å². The van der Waals surface area contributed by atoms with Gasteiger partial charge in [-0.1, -0.05) is 96.5 Å². The summed E-state index contributed by atoms with van der Waals surface area (Å²) >= 11 is 3.61. The summed E-state index contributed by atoms with van der Waals surface area (Å²) in [4.78, 5) is 2.34. The van der Waals surface area contributed by atoms with Crippen LogP contribution in [-0.4, -0.2) is 13.2 Å². The molecular weight excluding hydrogens is 558 g/mol. The zero-order valence-corrected chi connectivity index (χ0v) is 24.2. The minimum Gasteiger partial charge on any atom is -0.346 e. The van der Waals surface area contributed by atoms with Gasteiger partial charge < -0.3 is 14.4 Å². The van der Waals surface area contributed by atoms with Gasteiger partial charge >= 0.3 is 0 Å². The molecule has 1 aliphatic carbocycles. The van der Waals surface area contributed by atoms with Crippen LogP contribution in [0.2, 0.25) is 0 Å². The highest BCUT2D eigenvalue weighted by molar-refractivity contribution is 9.10. The molecule has 1 heterocycles. The van der Waals surface area contributed by atoms with Crippen LogP contribution in [-0.2, 0) is 14.9 Å². The molecule has 0 N–H and O–H groups in total. The number of anilines is 3. The number of ether oxygens (including phenoxy) is 2. The summed E-state index contributed by atoms with van der Waals surface area (Å²) in [5, 5.41) is 0. The largest absolute Gasteiger partial charge is 0.346 e. The van der Waals surface area contributed by atoms with E-state index < -0.39 is 0 Å². The van der Waals surface area contributed by atoms with Crippen LogP contribution in [0.5, 0.6) is 0 Å². The summed E-state index contributed by atoms with van der Waals surface area (Å²) < 4.78 is 12.4. The number of hydrogen-bond donors (Lipinski definition) is 0. The van der Waals surface area contributed by atoms with E-state index in [0.29, 0.717) is 13.2 Å². The predicted molar refractivity (Wildman–Crippen MR) is 166 cm³/mol. The zero-order valence-electron chi connectivity index (χ0n) is 22.6. The van der Waals surface area contributed by atoms with Crippen LogP contribution in [0.15, 0.2) is 120 Å². The standard InChI is InChI=1S/C36H30BrNO2/c1-36(2)33-6-4-3-5-31(33)32-20-19-30(23-34(32)36)38(29-17-13-27(37)14-18-29)28-15-11-25(12-16-28)24-7-9-26(10-8-24)35-39-21-22-40-35/h3-20,23,35H,21-22H2,1-2H3. The fourth-order valence-corrected chi connectivity index (χ4v) is 6.32. The van der Waals surface area contributed by atoms with Crippen molar-refractivity contribution in [2.24, 2.45) is 0 Å². The van der Waals surface area contributed by atoms with Gasteiger partial charge in [0.15, 0.2) is 6.29 Å². The maximum atomic E-state index is 5.65. The van der Waals surface area contributed by atoms with Gasteiger partial charge in [0.25, 0.3) is 0 Å². The van der Waals surface area contributed by atoms with Gasteiger partial charge in [-0.2, -0.15) is 0 Å². The van der Waals surface area contributed by atoms with Gasteiger partial charge in [0.1, 0.15) is 0 Å². The average Bonchev–Trinajstić information content (AvgIpc) is 3.61. The van der Waals surface area contributed by atoms with Crippen LogP contribution < -0.4 is 4.90 Å². The number of fused-ring (bicyclic) bond motifs is 3. The molecule has 1 fully saturated rings. The highest BCUT2D eigenvalue weighted by Crippen LogP contribution is 2.50. The van der Waals surface area contributed by atoms with Gasteiger partial charge in [-0.25, -0.2) is 0 Å². The summed E-state index contributed by atoms with van der Waals surface area (Å²) in [5.41, 5.74) is 12.1. The molecule has 1 aliphatic heterocycles. The molecule has 2 aliphatic rings. The molecule has 3 nitrogen and oxygen atoms in total. The van der Waals surface area contributed by atoms with Crippen LogP contribution >= 0.6 is 15.9 Å². The highest BCUT2D eigenvalue weighted by Gasteiger charge is 2.35. The van der Waals surface area contributed by atoms with Crippen molar-refractivity contribution < 1.29 is 9.47 Å². The second-order valence-corrected chi connectivity index (χ2v) is 11.9. The summed E-state index contributed by atoms with van der Waals surface area (Å²) in [5.74, 6) is 0. The molecule has 4 heteroatoms. The fraction of sp³-hybridized carbons (Fsp3) is 0.167. The quantitative estimate of drug-likeness (QED) is 0.204. The summed E-state index contributed by atoms with van der Waals surface area (Å²) in [7, 11) is 0. The first-order valence-corrected chi connectivity index (χ1v) is 14.5. The van der Waals surface area contributed by atoms with E-state index in [1.807, 2.05) is 0 Å². The second kappa shape index (κ2) is 10.0. The average molecular weight is 589 g/mol. The number of benzene rings is 5. The third kappa shape index (κ3) is 4.37. The molecule has 0 bridgehead atoms. The van der Waals surface area contributed by atoms with Crippen molar-refractivity contribution in [1.29, 1.82) is 0 Å². The van der Waals surface area contributed by atoms with Crippen LogP contribution in [0, 0.1) is 0 Å². The van der Waals surface area contributed by atoms with E-state index in [4.69, 9.17) is 9.47 Å². The molecular formula is C36H30BrNO2. The summed E-state index contributed by atoms with van der Waals surface area (Å²) in [6, 6.07) is 41.5. The Morgan fingerprint density at radius 1 is 0.625 bits per heavy atom. The van der Waals surface area contributed by atoms with E-state index in [-0.39, 0.29) is 11.7 Å². The van der Waals surface area contributed by atoms with E-state index in [0.717, 1.165) is 27.1 Å². The first kappa shape index (κ1) is 25.3. The topological polar surface area (TPSA) is 21.7 Å². The van der Waals surface area contributed by atoms with Gasteiger partial charge in [-0.3, -0.25) is 0 Å². The van der Waals surface area contributed by atoms with Crippen LogP contribution in [0.25, 0.3) is 22.3 Å². The molecule has 5 aromatic rings. The van der Waals surface area contributed by atoms with Crippen molar-refractivity contribution in [3.05, 3.63) is 136 Å². The first-order chi connectivity index (χ1) is 19.5. The summed E-state index contributed by atoms with van der Waals surface area (Å²) in [6.45, 7) is 5.96. The van der Waals surface area contributed by atoms with Gasteiger partial charge in [0.05, 0.1) is 13.2 Å². The first-order valence-electron chi connectivity index (χ1n) is 13.7. The second-order valence-electron chi connectivity index (χ2n) is 11.0. The lowest BCUT2D eigenvalue weighted by Crippen LogP contribution is -2.16. The molecule has 198 valence electrons. The van der Waals surface area contributed by atoms with E-state index >= 15 is 0 Å². The lowest BCUT2D eigenvalue weighted by molar-refractivity contribution is -0.0441. The molecule has 0 atom stereocenters. The Balaban J connectivity index is 1.26. The Morgan fingerprint density at radius 3 is 1.85 bits per heavy atom. The molecule has 40 heavy (non-hydrogen) atoms. The van der Waals surface area contributed by atoms with E-state index in [1.165, 1.54) is 33.4 Å². The Kier molecular flexibility index (Phi) is 6.35. The smallest absolute Gasteiger partial charge is 0.184 e. The lowest BCUT2D eigenvalue weighted by Gasteiger charge is -2.28. The number of hydrogen-bond acceptors (Lipinski definition) is 3. The Morgan fingerprint density at radius 2 is 1.18 bits per heavy atom. The molecule has 5 aromatic carbocycles. The van der Waals surface area contributed by atoms with Gasteiger partial charge in [-0.05, 0) is 81.9 Å². The Bertz CT molecular complexity index is 1670. The fourth-order valence-electron chi connectivity index (χ4n) is 6.06. The van der Waals surface area contributed by atoms with Crippen molar-refractivity contribution >= 4 is 33.0 Å². The third-order valence-electron chi connectivity index (χ3n) is 8.17. The van der Waals surface area contributed by atoms with Crippen molar-refractivity contribution in [2.75, 3.05) is 18.1 Å². The SMILES string of the molecule is CC1(C)c2ccccc2-c2ccc(N(c3ccc(Br)cc3)c3ccc(-c4ccc(C5OCCO5)cc4)cc3)cc21. The van der Waals surface area contributed by atoms with Crippen molar-refractivity contribution in [1.82, 2.24) is 0 Å². The monoisotopic (exact) mass is 587 g/mol. The van der Waals surface area contributed by atoms with Crippen LogP contribution in [0.4, 0.5) is 17.1 Å². The van der Waals surface area contributed by atoms with Crippen molar-refractivity contribution in [3.63, 3.8) is 0 Å². The maximum Gasteiger partial charge on any atom is 0.184 e. The van der Waals surface area contributed by atoms with Gasteiger partial charge in [0, 0.05) is 32.5 Å². The Labute approximate surface area is 244 Å². The molecule has 0 aromatic heterocycles. The predicted octanol–water partition coefficient (Wildman–Crippen LogP) is 9.94. The summed E-state index contributed by atoms with van der Waals surface area (Å²) in [6.07, 6.45) is -0.249. The minimum atomic E-state index is -0.249. The van der Waals surface area contributed by atoms with Crippen LogP contribution in [0.3, 0.4) is 0 Å². The van der Waals surface area contributed by atoms with Gasteiger partial charge in [0.2, 0.25) is 0 Å². The molecule has 0 saturated carbocycles. The van der Waals surface area contributed by atoms with E-state index in [9.17, 15) is 0 Å². The number of rotatable bonds is 5. The lowest BCUT2D eigenvalue weighted by atomic mass is 9.82. The van der Waals surface area contributed by atoms with E-state index in [2.05, 4.69) is 150 Å². The normalized spacial score (nSPS) is 15.6. The minimum absolute atomic E-state index is 0.0576. The number of halogens is 1. The third-order valence-corrected chi connectivity index (χ3v) is 8.70. The molecule has 1 saturated heterocycles. The molecule has 0 amide bonds. The van der Waals surface area contributed by atoms with Crippen molar-refractivity contribution in [3.8, 4) is 22.3 Å². The number of nitrogens with zero attached hydrogens (tertiary/aromatic N) is 1. The van der Waals surface area contributed by atoms with Crippen molar-refractivity contribution in [2.45, 2.75) is 25.6 Å². The van der Waals surface area contributed by atoms with Crippen LogP contribution in [0.1, 0.15) is 36.8 Å². The highest BCUT2D eigenvalue weighted by atomic mass is 79.9. The van der Waals surface area contributed by atoms with Gasteiger partial charge in [-0.15, -0.1) is 0 Å². The molecule has 0 radical (unpaired) electrons. The Hall–Kier alpha value is -3.70. The molecule has 7 rings (SSSR count). The molecule has 0 spiro atoms.